The molecule has 206 valence electrons. The molecular formula is C27H41N3O6S. The third-order valence-corrected chi connectivity index (χ3v) is 6.64. The molecule has 0 radical (unpaired) electrons. The van der Waals surface area contributed by atoms with Gasteiger partial charge in [-0.15, -0.1) is 0 Å². The first-order chi connectivity index (χ1) is 17.3. The topological polar surface area (TPSA) is 114 Å². The van der Waals surface area contributed by atoms with Gasteiger partial charge in [0.2, 0.25) is 11.8 Å². The van der Waals surface area contributed by atoms with Crippen molar-refractivity contribution in [3.05, 3.63) is 34.9 Å². The van der Waals surface area contributed by atoms with Crippen LogP contribution in [0.4, 0.5) is 4.79 Å². The molecule has 2 rings (SSSR count). The minimum absolute atomic E-state index is 0.181. The van der Waals surface area contributed by atoms with Gasteiger partial charge in [-0.3, -0.25) is 14.4 Å². The van der Waals surface area contributed by atoms with Crippen LogP contribution in [-0.2, 0) is 23.9 Å². The van der Waals surface area contributed by atoms with Gasteiger partial charge in [0.15, 0.2) is 0 Å². The van der Waals surface area contributed by atoms with E-state index in [0.717, 1.165) is 17.5 Å². The third-order valence-electron chi connectivity index (χ3n) is 6.00. The fourth-order valence-corrected chi connectivity index (χ4v) is 4.70. The van der Waals surface area contributed by atoms with Crippen LogP contribution < -0.4 is 10.6 Å². The molecule has 3 amide bonds. The molecule has 1 aromatic carbocycles. The van der Waals surface area contributed by atoms with E-state index in [0.29, 0.717) is 17.7 Å². The Morgan fingerprint density at radius 3 is 2.22 bits per heavy atom. The molecule has 0 aliphatic heterocycles. The number of amides is 3. The SMILES string of the molecule is COC(=O)CNC(=O)C(c1cc(C)cc(C)c1)N(C(=O)C(CCSC)NC(=O)OC(C)(C)C)C1CC1C. The molecule has 2 N–H and O–H groups in total. The lowest BCUT2D eigenvalue weighted by Crippen LogP contribution is -2.54. The van der Waals surface area contributed by atoms with Gasteiger partial charge < -0.3 is 25.0 Å². The van der Waals surface area contributed by atoms with Gasteiger partial charge in [-0.05, 0) is 71.0 Å². The van der Waals surface area contributed by atoms with E-state index in [1.807, 2.05) is 45.2 Å². The molecule has 1 fully saturated rings. The maximum atomic E-state index is 14.1. The zero-order valence-electron chi connectivity index (χ0n) is 23.2. The van der Waals surface area contributed by atoms with Crippen molar-refractivity contribution in [3.63, 3.8) is 0 Å². The number of hydrogen-bond donors (Lipinski definition) is 2. The maximum absolute atomic E-state index is 14.1. The second-order valence-electron chi connectivity index (χ2n) is 10.6. The molecule has 1 aromatic rings. The molecule has 0 aromatic heterocycles. The number of nitrogens with one attached hydrogen (secondary N) is 2. The van der Waals surface area contributed by atoms with Crippen molar-refractivity contribution in [1.29, 1.82) is 0 Å². The maximum Gasteiger partial charge on any atom is 0.408 e. The fraction of sp³-hybridized carbons (Fsp3) is 0.630. The second kappa shape index (κ2) is 13.2. The standard InChI is InChI=1S/C27H41N3O6S/c1-16-11-17(2)13-19(12-16)23(24(32)28-15-22(31)35-7)30(21-14-18(21)3)25(33)20(9-10-37-8)29-26(34)36-27(4,5)6/h11-13,18,20-21,23H,9-10,14-15H2,1-8H3,(H,28,32)(H,29,34). The zero-order chi connectivity index (χ0) is 27.9. The third kappa shape index (κ3) is 9.25. The molecule has 9 nitrogen and oxygen atoms in total. The second-order valence-corrected chi connectivity index (χ2v) is 11.6. The predicted molar refractivity (Wildman–Crippen MR) is 144 cm³/mol. The summed E-state index contributed by atoms with van der Waals surface area (Å²) in [5, 5.41) is 5.38. The molecule has 37 heavy (non-hydrogen) atoms. The van der Waals surface area contributed by atoms with Gasteiger partial charge in [0, 0.05) is 6.04 Å². The largest absolute Gasteiger partial charge is 0.468 e. The molecule has 1 aliphatic carbocycles. The minimum Gasteiger partial charge on any atom is -0.468 e. The lowest BCUT2D eigenvalue weighted by Gasteiger charge is -2.35. The van der Waals surface area contributed by atoms with Crippen LogP contribution in [0, 0.1) is 19.8 Å². The number of carbonyl (C=O) groups is 4. The highest BCUT2D eigenvalue weighted by Gasteiger charge is 2.48. The Kier molecular flexibility index (Phi) is 10.8. The average molecular weight is 536 g/mol. The van der Waals surface area contributed by atoms with Crippen molar-refractivity contribution in [2.24, 2.45) is 5.92 Å². The van der Waals surface area contributed by atoms with E-state index < -0.39 is 35.7 Å². The Morgan fingerprint density at radius 1 is 1.14 bits per heavy atom. The Hall–Kier alpha value is -2.75. The fourth-order valence-electron chi connectivity index (χ4n) is 4.23. The Morgan fingerprint density at radius 2 is 1.73 bits per heavy atom. The van der Waals surface area contributed by atoms with E-state index >= 15 is 0 Å². The Balaban J connectivity index is 2.50. The smallest absolute Gasteiger partial charge is 0.408 e. The lowest BCUT2D eigenvalue weighted by molar-refractivity contribution is -0.145. The molecule has 0 bridgehead atoms. The van der Waals surface area contributed by atoms with Crippen molar-refractivity contribution in [1.82, 2.24) is 15.5 Å². The minimum atomic E-state index is -0.983. The van der Waals surface area contributed by atoms with Crippen molar-refractivity contribution in [3.8, 4) is 0 Å². The highest BCUT2D eigenvalue weighted by molar-refractivity contribution is 7.98. The van der Waals surface area contributed by atoms with Crippen LogP contribution >= 0.6 is 11.8 Å². The zero-order valence-corrected chi connectivity index (χ0v) is 24.0. The van der Waals surface area contributed by atoms with Gasteiger partial charge in [0.1, 0.15) is 24.2 Å². The number of ether oxygens (including phenoxy) is 2. The van der Waals surface area contributed by atoms with E-state index in [-0.39, 0.29) is 24.4 Å². The summed E-state index contributed by atoms with van der Waals surface area (Å²) >= 11 is 1.56. The highest BCUT2D eigenvalue weighted by Crippen LogP contribution is 2.41. The monoisotopic (exact) mass is 535 g/mol. The summed E-state index contributed by atoms with van der Waals surface area (Å²) in [5.74, 6) is -0.610. The van der Waals surface area contributed by atoms with Gasteiger partial charge in [-0.2, -0.15) is 11.8 Å². The molecule has 4 unspecified atom stereocenters. The summed E-state index contributed by atoms with van der Waals surface area (Å²) < 4.78 is 10.1. The van der Waals surface area contributed by atoms with Gasteiger partial charge >= 0.3 is 12.1 Å². The quantitative estimate of drug-likeness (QED) is 0.417. The number of nitrogens with zero attached hydrogens (tertiary/aromatic N) is 1. The van der Waals surface area contributed by atoms with Crippen LogP contribution in [0.25, 0.3) is 0 Å². The Labute approximate surface area is 224 Å². The van der Waals surface area contributed by atoms with E-state index in [1.165, 1.54) is 7.11 Å². The predicted octanol–water partition coefficient (Wildman–Crippen LogP) is 3.52. The number of rotatable bonds is 11. The van der Waals surface area contributed by atoms with Crippen LogP contribution in [0.15, 0.2) is 18.2 Å². The molecule has 10 heteroatoms. The number of aryl methyl sites for hydroxylation is 2. The normalized spacial score (nSPS) is 18.3. The van der Waals surface area contributed by atoms with Crippen LogP contribution in [-0.4, -0.2) is 72.1 Å². The molecule has 1 aliphatic rings. The number of thioether (sulfide) groups is 1. The highest BCUT2D eigenvalue weighted by atomic mass is 32.2. The van der Waals surface area contributed by atoms with E-state index in [1.54, 1.807) is 37.4 Å². The van der Waals surface area contributed by atoms with Gasteiger partial charge in [-0.25, -0.2) is 4.79 Å². The van der Waals surface area contributed by atoms with E-state index in [4.69, 9.17) is 4.74 Å². The molecule has 0 saturated heterocycles. The molecule has 0 spiro atoms. The molecule has 1 saturated carbocycles. The summed E-state index contributed by atoms with van der Waals surface area (Å²) in [6, 6.07) is 3.70. The first-order valence-corrected chi connectivity index (χ1v) is 13.9. The lowest BCUT2D eigenvalue weighted by atomic mass is 9.98. The van der Waals surface area contributed by atoms with Gasteiger partial charge in [0.05, 0.1) is 7.11 Å². The Bertz CT molecular complexity index is 973. The number of alkyl carbamates (subject to hydrolysis) is 1. The first-order valence-electron chi connectivity index (χ1n) is 12.5. The summed E-state index contributed by atoms with van der Waals surface area (Å²) in [6.07, 6.45) is 2.35. The summed E-state index contributed by atoms with van der Waals surface area (Å²) in [6.45, 7) is 10.8. The first kappa shape index (κ1) is 30.5. The van der Waals surface area contributed by atoms with Crippen molar-refractivity contribution < 1.29 is 28.7 Å². The van der Waals surface area contributed by atoms with Gasteiger partial charge in [0.25, 0.3) is 0 Å². The van der Waals surface area contributed by atoms with Crippen LogP contribution in [0.2, 0.25) is 0 Å². The summed E-state index contributed by atoms with van der Waals surface area (Å²) in [7, 11) is 1.25. The number of methoxy groups -OCH3 is 1. The van der Waals surface area contributed by atoms with E-state index in [2.05, 4.69) is 15.4 Å². The van der Waals surface area contributed by atoms with Crippen LogP contribution in [0.1, 0.15) is 63.3 Å². The number of hydrogen-bond acceptors (Lipinski definition) is 7. The molecule has 0 heterocycles. The van der Waals surface area contributed by atoms with Crippen molar-refractivity contribution in [2.45, 2.75) is 78.1 Å². The van der Waals surface area contributed by atoms with Crippen LogP contribution in [0.5, 0.6) is 0 Å². The van der Waals surface area contributed by atoms with Crippen molar-refractivity contribution in [2.75, 3.05) is 25.7 Å². The van der Waals surface area contributed by atoms with Gasteiger partial charge in [-0.1, -0.05) is 36.2 Å². The summed E-state index contributed by atoms with van der Waals surface area (Å²) in [4.78, 5) is 53.7. The number of benzene rings is 1. The van der Waals surface area contributed by atoms with Crippen LogP contribution in [0.3, 0.4) is 0 Å². The van der Waals surface area contributed by atoms with Crippen molar-refractivity contribution >= 4 is 35.6 Å². The summed E-state index contributed by atoms with van der Waals surface area (Å²) in [5.41, 5.74) is 1.82. The molecular weight excluding hydrogens is 494 g/mol. The molecule has 4 atom stereocenters. The number of carbonyl (C=O) groups excluding carboxylic acids is 4. The van der Waals surface area contributed by atoms with E-state index in [9.17, 15) is 19.2 Å². The number of esters is 1. The average Bonchev–Trinajstić information content (AvgIpc) is 3.51.